The van der Waals surface area contributed by atoms with Crippen LogP contribution in [-0.2, 0) is 4.79 Å². The molecule has 2 aromatic carbocycles. The molecule has 0 spiro atoms. The summed E-state index contributed by atoms with van der Waals surface area (Å²) < 4.78 is 27.8. The van der Waals surface area contributed by atoms with E-state index in [2.05, 4.69) is 16.0 Å². The number of carbonyl (C=O) groups is 1. The van der Waals surface area contributed by atoms with E-state index < -0.39 is 11.6 Å². The van der Waals surface area contributed by atoms with E-state index in [9.17, 15) is 18.8 Å². The van der Waals surface area contributed by atoms with Gasteiger partial charge in [-0.1, -0.05) is 26.0 Å². The topological polar surface area (TPSA) is 73.1 Å². The second kappa shape index (κ2) is 9.10. The Morgan fingerprint density at radius 3 is 2.55 bits per heavy atom. The molecule has 0 saturated carbocycles. The van der Waals surface area contributed by atoms with Crippen LogP contribution >= 0.6 is 0 Å². The SMILES string of the molecule is CCN(C(=O)C(C)C)[C@H]1CCN(c2nc3cc(F)c(F)cc3nc2-c2cccc(C#N)c2)C1. The number of nitrogens with zero attached hydrogens (tertiary/aromatic N) is 5. The first-order valence-corrected chi connectivity index (χ1v) is 11.0. The van der Waals surface area contributed by atoms with Gasteiger partial charge >= 0.3 is 0 Å². The number of amides is 1. The highest BCUT2D eigenvalue weighted by molar-refractivity contribution is 5.84. The number of nitriles is 1. The molecule has 2 heterocycles. The van der Waals surface area contributed by atoms with Crippen molar-refractivity contribution in [2.24, 2.45) is 5.92 Å². The zero-order chi connectivity index (χ0) is 23.7. The summed E-state index contributed by atoms with van der Waals surface area (Å²) in [6.07, 6.45) is 0.765. The fourth-order valence-corrected chi connectivity index (χ4v) is 4.31. The molecule has 0 bridgehead atoms. The summed E-state index contributed by atoms with van der Waals surface area (Å²) in [6.45, 7) is 7.55. The number of likely N-dealkylation sites (N-methyl/N-ethyl adjacent to an activating group) is 1. The highest BCUT2D eigenvalue weighted by atomic mass is 19.2. The van der Waals surface area contributed by atoms with Gasteiger partial charge in [-0.2, -0.15) is 5.26 Å². The predicted octanol–water partition coefficient (Wildman–Crippen LogP) is 4.53. The number of hydrogen-bond acceptors (Lipinski definition) is 5. The molecule has 4 rings (SSSR count). The molecule has 6 nitrogen and oxygen atoms in total. The smallest absolute Gasteiger partial charge is 0.225 e. The maximum Gasteiger partial charge on any atom is 0.225 e. The summed E-state index contributed by atoms with van der Waals surface area (Å²) in [5.41, 5.74) is 2.10. The minimum absolute atomic E-state index is 0.0191. The maximum absolute atomic E-state index is 13.9. The van der Waals surface area contributed by atoms with Crippen LogP contribution in [-0.4, -0.2) is 46.5 Å². The van der Waals surface area contributed by atoms with Gasteiger partial charge in [-0.3, -0.25) is 4.79 Å². The number of carbonyl (C=O) groups excluding carboxylic acids is 1. The van der Waals surface area contributed by atoms with Gasteiger partial charge in [0.2, 0.25) is 5.91 Å². The van der Waals surface area contributed by atoms with E-state index in [0.717, 1.165) is 18.6 Å². The van der Waals surface area contributed by atoms with Crippen LogP contribution in [0.1, 0.15) is 32.8 Å². The van der Waals surface area contributed by atoms with Crippen LogP contribution in [0.15, 0.2) is 36.4 Å². The van der Waals surface area contributed by atoms with Crippen LogP contribution < -0.4 is 4.90 Å². The van der Waals surface area contributed by atoms with E-state index in [1.807, 2.05) is 36.6 Å². The van der Waals surface area contributed by atoms with Crippen molar-refractivity contribution in [1.29, 1.82) is 5.26 Å². The Balaban J connectivity index is 1.79. The molecule has 3 aromatic rings. The van der Waals surface area contributed by atoms with E-state index in [4.69, 9.17) is 0 Å². The van der Waals surface area contributed by atoms with Gasteiger partial charge < -0.3 is 9.80 Å². The molecule has 1 saturated heterocycles. The number of fused-ring (bicyclic) bond motifs is 1. The third-order valence-corrected chi connectivity index (χ3v) is 5.97. The summed E-state index contributed by atoms with van der Waals surface area (Å²) >= 11 is 0. The molecular weight excluding hydrogens is 424 g/mol. The van der Waals surface area contributed by atoms with Gasteiger partial charge in [-0.15, -0.1) is 0 Å². The molecule has 1 aromatic heterocycles. The minimum Gasteiger partial charge on any atom is -0.353 e. The Labute approximate surface area is 191 Å². The molecule has 0 radical (unpaired) electrons. The highest BCUT2D eigenvalue weighted by Gasteiger charge is 2.33. The molecule has 1 amide bonds. The average Bonchev–Trinajstić information content (AvgIpc) is 3.29. The van der Waals surface area contributed by atoms with Crippen molar-refractivity contribution in [3.8, 4) is 17.3 Å². The van der Waals surface area contributed by atoms with Crippen LogP contribution in [0.25, 0.3) is 22.3 Å². The summed E-state index contributed by atoms with van der Waals surface area (Å²) in [7, 11) is 0. The molecule has 8 heteroatoms. The quantitative estimate of drug-likeness (QED) is 0.572. The van der Waals surface area contributed by atoms with Crippen LogP contribution in [0, 0.1) is 28.9 Å². The first kappa shape index (κ1) is 22.6. The van der Waals surface area contributed by atoms with Gasteiger partial charge in [0.1, 0.15) is 5.69 Å². The molecule has 1 atom stereocenters. The monoisotopic (exact) mass is 449 g/mol. The lowest BCUT2D eigenvalue weighted by Crippen LogP contribution is -2.43. The number of anilines is 1. The number of rotatable bonds is 5. The maximum atomic E-state index is 13.9. The molecular formula is C25H25F2N5O. The van der Waals surface area contributed by atoms with E-state index in [0.29, 0.717) is 42.3 Å². The second-order valence-electron chi connectivity index (χ2n) is 8.51. The molecule has 1 fully saturated rings. The van der Waals surface area contributed by atoms with Gasteiger partial charge in [-0.25, -0.2) is 18.7 Å². The summed E-state index contributed by atoms with van der Waals surface area (Å²) in [4.78, 5) is 25.9. The lowest BCUT2D eigenvalue weighted by atomic mass is 10.1. The Bertz CT molecular complexity index is 1250. The van der Waals surface area contributed by atoms with Gasteiger partial charge in [0.15, 0.2) is 17.5 Å². The lowest BCUT2D eigenvalue weighted by molar-refractivity contribution is -0.136. The van der Waals surface area contributed by atoms with Gasteiger partial charge in [-0.05, 0) is 25.5 Å². The Hall–Kier alpha value is -3.60. The molecule has 33 heavy (non-hydrogen) atoms. The molecule has 0 aliphatic carbocycles. The van der Waals surface area contributed by atoms with Gasteiger partial charge in [0.05, 0.1) is 28.7 Å². The number of halogens is 2. The summed E-state index contributed by atoms with van der Waals surface area (Å²) in [5, 5.41) is 9.32. The first-order chi connectivity index (χ1) is 15.8. The number of aromatic nitrogens is 2. The molecule has 1 aliphatic rings. The van der Waals surface area contributed by atoms with Crippen LogP contribution in [0.5, 0.6) is 0 Å². The standard InChI is InChI=1S/C25H25F2N5O/c1-4-32(25(33)15(2)3)18-8-9-31(14-18)24-23(17-7-5-6-16(10-17)13-28)29-21-11-19(26)20(27)12-22(21)30-24/h5-7,10-12,15,18H,4,8-9,14H2,1-3H3/t18-/m0/s1. The van der Waals surface area contributed by atoms with Crippen LogP contribution in [0.3, 0.4) is 0 Å². The Kier molecular flexibility index (Phi) is 6.23. The first-order valence-electron chi connectivity index (χ1n) is 11.0. The fourth-order valence-electron chi connectivity index (χ4n) is 4.31. The zero-order valence-corrected chi connectivity index (χ0v) is 18.8. The number of benzene rings is 2. The molecule has 170 valence electrons. The third kappa shape index (κ3) is 4.36. The average molecular weight is 450 g/mol. The zero-order valence-electron chi connectivity index (χ0n) is 18.8. The normalized spacial score (nSPS) is 15.8. The van der Waals surface area contributed by atoms with Crippen LogP contribution in [0.2, 0.25) is 0 Å². The fraction of sp³-hybridized carbons (Fsp3) is 0.360. The molecule has 0 unspecified atom stereocenters. The number of hydrogen-bond donors (Lipinski definition) is 0. The summed E-state index contributed by atoms with van der Waals surface area (Å²) in [6, 6.07) is 11.2. The van der Waals surface area contributed by atoms with Crippen molar-refractivity contribution in [3.05, 3.63) is 53.6 Å². The van der Waals surface area contributed by atoms with Crippen molar-refractivity contribution in [1.82, 2.24) is 14.9 Å². The highest BCUT2D eigenvalue weighted by Crippen LogP contribution is 2.33. The molecule has 1 aliphatic heterocycles. The van der Waals surface area contributed by atoms with E-state index in [-0.39, 0.29) is 28.9 Å². The van der Waals surface area contributed by atoms with Gasteiger partial charge in [0, 0.05) is 43.2 Å². The molecule has 0 N–H and O–H groups in total. The van der Waals surface area contributed by atoms with Crippen LogP contribution in [0.4, 0.5) is 14.6 Å². The largest absolute Gasteiger partial charge is 0.353 e. The lowest BCUT2D eigenvalue weighted by Gasteiger charge is -2.30. The third-order valence-electron chi connectivity index (χ3n) is 5.97. The van der Waals surface area contributed by atoms with E-state index >= 15 is 0 Å². The van der Waals surface area contributed by atoms with Crippen molar-refractivity contribution in [2.75, 3.05) is 24.5 Å². The minimum atomic E-state index is -0.992. The van der Waals surface area contributed by atoms with E-state index in [1.54, 1.807) is 18.2 Å². The van der Waals surface area contributed by atoms with Crippen molar-refractivity contribution in [3.63, 3.8) is 0 Å². The van der Waals surface area contributed by atoms with Crippen molar-refractivity contribution >= 4 is 22.8 Å². The summed E-state index contributed by atoms with van der Waals surface area (Å²) in [5.74, 6) is -1.44. The Morgan fingerprint density at radius 1 is 1.21 bits per heavy atom. The Morgan fingerprint density at radius 2 is 1.91 bits per heavy atom. The van der Waals surface area contributed by atoms with E-state index in [1.165, 1.54) is 0 Å². The van der Waals surface area contributed by atoms with Gasteiger partial charge in [0.25, 0.3) is 0 Å². The van der Waals surface area contributed by atoms with Crippen molar-refractivity contribution in [2.45, 2.75) is 33.2 Å². The predicted molar refractivity (Wildman–Crippen MR) is 122 cm³/mol. The second-order valence-corrected chi connectivity index (χ2v) is 8.51. The van der Waals surface area contributed by atoms with Crippen molar-refractivity contribution < 1.29 is 13.6 Å².